The maximum Gasteiger partial charge on any atom is 0.322 e. The predicted octanol–water partition coefficient (Wildman–Crippen LogP) is 3.15. The summed E-state index contributed by atoms with van der Waals surface area (Å²) >= 11 is 0. The van der Waals surface area contributed by atoms with Gasteiger partial charge in [-0.15, -0.1) is 0 Å². The molecule has 1 aliphatic rings. The first-order chi connectivity index (χ1) is 11.2. The number of urea groups is 1. The van der Waals surface area contributed by atoms with Gasteiger partial charge in [-0.2, -0.15) is 4.98 Å². The highest BCUT2D eigenvalue weighted by molar-refractivity contribution is 5.91. The van der Waals surface area contributed by atoms with Crippen LogP contribution in [0.2, 0.25) is 0 Å². The minimum atomic E-state index is -0.185. The number of anilines is 1. The molecule has 0 aliphatic carbocycles. The smallest absolute Gasteiger partial charge is 0.322 e. The lowest BCUT2D eigenvalue weighted by molar-refractivity contribution is 0.193. The summed E-state index contributed by atoms with van der Waals surface area (Å²) in [5.74, 6) is 1.73. The van der Waals surface area contributed by atoms with Crippen LogP contribution in [0.3, 0.4) is 0 Å². The summed E-state index contributed by atoms with van der Waals surface area (Å²) in [5, 5.41) is 6.73. The lowest BCUT2D eigenvalue weighted by Gasteiger charge is -2.23. The van der Waals surface area contributed by atoms with Crippen molar-refractivity contribution in [2.75, 3.05) is 18.5 Å². The Morgan fingerprint density at radius 1 is 1.48 bits per heavy atom. The van der Waals surface area contributed by atoms with Gasteiger partial charge in [0, 0.05) is 6.54 Å². The third-order valence-electron chi connectivity index (χ3n) is 3.77. The van der Waals surface area contributed by atoms with Gasteiger partial charge in [-0.25, -0.2) is 4.79 Å². The summed E-state index contributed by atoms with van der Waals surface area (Å²) < 4.78 is 10.8. The number of amides is 2. The molecule has 122 valence electrons. The molecule has 0 spiro atoms. The van der Waals surface area contributed by atoms with Crippen molar-refractivity contribution in [3.63, 3.8) is 0 Å². The summed E-state index contributed by atoms with van der Waals surface area (Å²) in [4.78, 5) is 18.6. The third-order valence-corrected chi connectivity index (χ3v) is 3.77. The van der Waals surface area contributed by atoms with Crippen molar-refractivity contribution in [2.24, 2.45) is 0 Å². The minimum absolute atomic E-state index is 0.171. The van der Waals surface area contributed by atoms with E-state index < -0.39 is 0 Å². The zero-order valence-corrected chi connectivity index (χ0v) is 13.3. The molecule has 1 aliphatic heterocycles. The molecule has 1 fully saturated rings. The Kier molecular flexibility index (Phi) is 4.45. The van der Waals surface area contributed by atoms with E-state index in [0.717, 1.165) is 12.8 Å². The number of nitrogens with one attached hydrogen (secondary N) is 1. The van der Waals surface area contributed by atoms with Gasteiger partial charge in [-0.05, 0) is 38.8 Å². The highest BCUT2D eigenvalue weighted by Gasteiger charge is 2.34. The SMILES string of the molecule is CCOc1ccccc1NC(=O)N1CCCC1c1nc(C)no1. The lowest BCUT2D eigenvalue weighted by Crippen LogP contribution is -2.34. The van der Waals surface area contributed by atoms with Crippen LogP contribution >= 0.6 is 0 Å². The monoisotopic (exact) mass is 316 g/mol. The number of hydrogen-bond acceptors (Lipinski definition) is 5. The molecule has 0 saturated carbocycles. The molecule has 0 bridgehead atoms. The standard InChI is InChI=1S/C16H20N4O3/c1-3-22-14-9-5-4-7-12(14)18-16(21)20-10-6-8-13(20)15-17-11(2)19-23-15/h4-5,7,9,13H,3,6,8,10H2,1-2H3,(H,18,21). The molecule has 1 atom stereocenters. The Morgan fingerprint density at radius 2 is 2.30 bits per heavy atom. The maximum absolute atomic E-state index is 12.6. The topological polar surface area (TPSA) is 80.5 Å². The van der Waals surface area contributed by atoms with Crippen molar-refractivity contribution >= 4 is 11.7 Å². The quantitative estimate of drug-likeness (QED) is 0.937. The van der Waals surface area contributed by atoms with Crippen LogP contribution < -0.4 is 10.1 Å². The molecule has 1 N–H and O–H groups in total. The zero-order valence-electron chi connectivity index (χ0n) is 13.3. The molecule has 1 unspecified atom stereocenters. The van der Waals surface area contributed by atoms with Crippen LogP contribution in [0.1, 0.15) is 37.5 Å². The number of nitrogens with zero attached hydrogens (tertiary/aromatic N) is 3. The second-order valence-electron chi connectivity index (χ2n) is 5.39. The van der Waals surface area contributed by atoms with E-state index in [1.807, 2.05) is 31.2 Å². The first kappa shape index (κ1) is 15.3. The van der Waals surface area contributed by atoms with Gasteiger partial charge < -0.3 is 19.5 Å². The van der Waals surface area contributed by atoms with Gasteiger partial charge in [0.25, 0.3) is 0 Å². The second-order valence-corrected chi connectivity index (χ2v) is 5.39. The zero-order chi connectivity index (χ0) is 16.2. The largest absolute Gasteiger partial charge is 0.492 e. The molecule has 1 aromatic heterocycles. The third kappa shape index (κ3) is 3.28. The van der Waals surface area contributed by atoms with E-state index in [1.165, 1.54) is 0 Å². The molecule has 7 heteroatoms. The fraction of sp³-hybridized carbons (Fsp3) is 0.438. The highest BCUT2D eigenvalue weighted by atomic mass is 16.5. The molecular weight excluding hydrogens is 296 g/mol. The molecule has 7 nitrogen and oxygen atoms in total. The molecule has 2 aromatic rings. The van der Waals surface area contributed by atoms with Gasteiger partial charge in [0.05, 0.1) is 12.3 Å². The number of rotatable bonds is 4. The average Bonchev–Trinajstić information content (AvgIpc) is 3.18. The summed E-state index contributed by atoms with van der Waals surface area (Å²) in [6.07, 6.45) is 1.73. The Hall–Kier alpha value is -2.57. The average molecular weight is 316 g/mol. The van der Waals surface area contributed by atoms with Gasteiger partial charge in [-0.3, -0.25) is 0 Å². The first-order valence-electron chi connectivity index (χ1n) is 7.78. The number of carbonyl (C=O) groups is 1. The van der Waals surface area contributed by atoms with E-state index in [4.69, 9.17) is 9.26 Å². The predicted molar refractivity (Wildman–Crippen MR) is 84.3 cm³/mol. The van der Waals surface area contributed by atoms with Crippen molar-refractivity contribution in [2.45, 2.75) is 32.7 Å². The normalized spacial score (nSPS) is 17.3. The number of aryl methyl sites for hydroxylation is 1. The molecule has 2 heterocycles. The Bertz CT molecular complexity index is 685. The van der Waals surface area contributed by atoms with Crippen molar-refractivity contribution in [3.8, 4) is 5.75 Å². The molecule has 0 radical (unpaired) electrons. The van der Waals surface area contributed by atoms with E-state index >= 15 is 0 Å². The first-order valence-corrected chi connectivity index (χ1v) is 7.78. The lowest BCUT2D eigenvalue weighted by atomic mass is 10.2. The summed E-state index contributed by atoms with van der Waals surface area (Å²) in [5.41, 5.74) is 0.659. The van der Waals surface area contributed by atoms with Gasteiger partial charge in [0.1, 0.15) is 11.8 Å². The van der Waals surface area contributed by atoms with Crippen molar-refractivity contribution in [1.29, 1.82) is 0 Å². The van der Waals surface area contributed by atoms with Gasteiger partial charge in [0.2, 0.25) is 5.89 Å². The summed E-state index contributed by atoms with van der Waals surface area (Å²) in [6, 6.07) is 7.04. The number of aromatic nitrogens is 2. The number of hydrogen-bond donors (Lipinski definition) is 1. The Labute approximate surface area is 134 Å². The van der Waals surface area contributed by atoms with Crippen LogP contribution in [0.25, 0.3) is 0 Å². The molecule has 23 heavy (non-hydrogen) atoms. The van der Waals surface area contributed by atoms with Gasteiger partial charge >= 0.3 is 6.03 Å². The van der Waals surface area contributed by atoms with E-state index in [2.05, 4.69) is 15.5 Å². The minimum Gasteiger partial charge on any atom is -0.492 e. The molecule has 3 rings (SSSR count). The molecular formula is C16H20N4O3. The maximum atomic E-state index is 12.6. The summed E-state index contributed by atoms with van der Waals surface area (Å²) in [6.45, 7) is 4.88. The fourth-order valence-electron chi connectivity index (χ4n) is 2.75. The van der Waals surface area contributed by atoms with Gasteiger partial charge in [0.15, 0.2) is 5.82 Å². The Morgan fingerprint density at radius 3 is 3.04 bits per heavy atom. The number of ether oxygens (including phenoxy) is 1. The Balaban J connectivity index is 1.75. The van der Waals surface area contributed by atoms with Crippen LogP contribution in [0, 0.1) is 6.92 Å². The fourth-order valence-corrected chi connectivity index (χ4v) is 2.75. The number of likely N-dealkylation sites (tertiary alicyclic amines) is 1. The van der Waals surface area contributed by atoms with Crippen LogP contribution in [0.4, 0.5) is 10.5 Å². The van der Waals surface area contributed by atoms with Crippen LogP contribution in [0.15, 0.2) is 28.8 Å². The molecule has 2 amide bonds. The van der Waals surface area contributed by atoms with Crippen molar-refractivity contribution in [1.82, 2.24) is 15.0 Å². The second kappa shape index (κ2) is 6.68. The molecule has 1 saturated heterocycles. The van der Waals surface area contributed by atoms with E-state index in [0.29, 0.717) is 36.3 Å². The van der Waals surface area contributed by atoms with Crippen molar-refractivity contribution < 1.29 is 14.1 Å². The summed E-state index contributed by atoms with van der Waals surface area (Å²) in [7, 11) is 0. The van der Waals surface area contributed by atoms with E-state index in [1.54, 1.807) is 11.8 Å². The van der Waals surface area contributed by atoms with E-state index in [-0.39, 0.29) is 12.1 Å². The number of benzene rings is 1. The van der Waals surface area contributed by atoms with Crippen LogP contribution in [0.5, 0.6) is 5.75 Å². The van der Waals surface area contributed by atoms with Crippen molar-refractivity contribution in [3.05, 3.63) is 36.0 Å². The molecule has 1 aromatic carbocycles. The number of carbonyl (C=O) groups excluding carboxylic acids is 1. The van der Waals surface area contributed by atoms with Crippen LogP contribution in [-0.2, 0) is 0 Å². The van der Waals surface area contributed by atoms with E-state index in [9.17, 15) is 4.79 Å². The number of para-hydroxylation sites is 2. The highest BCUT2D eigenvalue weighted by Crippen LogP contribution is 2.32. The van der Waals surface area contributed by atoms with Crippen LogP contribution in [-0.4, -0.2) is 34.2 Å². The van der Waals surface area contributed by atoms with Gasteiger partial charge in [-0.1, -0.05) is 17.3 Å².